The van der Waals surface area contributed by atoms with Gasteiger partial charge in [-0.15, -0.1) is 0 Å². The Hall–Kier alpha value is -1.34. The summed E-state index contributed by atoms with van der Waals surface area (Å²) in [5, 5.41) is 3.27. The summed E-state index contributed by atoms with van der Waals surface area (Å²) in [7, 11) is 0. The molecule has 0 saturated heterocycles. The number of hydrogen-bond acceptors (Lipinski definition) is 4. The third kappa shape index (κ3) is 3.40. The lowest BCUT2D eigenvalue weighted by Gasteiger charge is -2.10. The maximum absolute atomic E-state index is 12.1. The minimum atomic E-state index is -0.437. The van der Waals surface area contributed by atoms with Gasteiger partial charge >= 0.3 is 0 Å². The average Bonchev–Trinajstić information content (AvgIpc) is 2.42. The van der Waals surface area contributed by atoms with Crippen LogP contribution in [-0.4, -0.2) is 10.9 Å². The summed E-state index contributed by atoms with van der Waals surface area (Å²) in [6.45, 7) is 0. The fourth-order valence-corrected chi connectivity index (χ4v) is 2.79. The number of nitrogens with one attached hydrogen (secondary N) is 2. The van der Waals surface area contributed by atoms with Crippen LogP contribution in [0.25, 0.3) is 0 Å². The Morgan fingerprint density at radius 2 is 1.90 bits per heavy atom. The molecule has 0 fully saturated rings. The van der Waals surface area contributed by atoms with Gasteiger partial charge in [-0.25, -0.2) is 0 Å². The summed E-state index contributed by atoms with van der Waals surface area (Å²) in [5.41, 5.74) is 3.52. The Morgan fingerprint density at radius 3 is 2.50 bits per heavy atom. The third-order valence-corrected chi connectivity index (χ3v) is 3.46. The molecule has 0 aliphatic rings. The van der Waals surface area contributed by atoms with Gasteiger partial charge in [0.1, 0.15) is 5.69 Å². The van der Waals surface area contributed by atoms with Crippen LogP contribution in [0.15, 0.2) is 34.9 Å². The molecular formula is C12H9BrCl2N4O. The van der Waals surface area contributed by atoms with Crippen molar-refractivity contribution in [1.29, 1.82) is 0 Å². The molecule has 0 atom stereocenters. The zero-order valence-corrected chi connectivity index (χ0v) is 13.1. The van der Waals surface area contributed by atoms with Crippen LogP contribution in [0.4, 0.5) is 11.4 Å². The van der Waals surface area contributed by atoms with E-state index in [0.29, 0.717) is 21.4 Å². The van der Waals surface area contributed by atoms with Crippen LogP contribution in [0.2, 0.25) is 10.0 Å². The number of amides is 1. The van der Waals surface area contributed by atoms with Crippen LogP contribution >= 0.6 is 39.1 Å². The van der Waals surface area contributed by atoms with Crippen molar-refractivity contribution in [2.75, 3.05) is 10.7 Å². The van der Waals surface area contributed by atoms with Gasteiger partial charge in [0, 0.05) is 10.7 Å². The second kappa shape index (κ2) is 6.41. The lowest BCUT2D eigenvalue weighted by molar-refractivity contribution is 0.102. The molecule has 5 nitrogen and oxygen atoms in total. The van der Waals surface area contributed by atoms with Gasteiger partial charge in [0.15, 0.2) is 0 Å². The first-order chi connectivity index (χ1) is 9.51. The Bertz CT molecular complexity index is 643. The van der Waals surface area contributed by atoms with Crippen molar-refractivity contribution in [3.8, 4) is 0 Å². The summed E-state index contributed by atoms with van der Waals surface area (Å²) in [6, 6.07) is 6.41. The highest BCUT2D eigenvalue weighted by Crippen LogP contribution is 2.34. The Labute approximate surface area is 133 Å². The number of aromatic nitrogens is 1. The standard InChI is InChI=1S/C12H9BrCl2N4O/c13-6-3-8(14)11(9(15)4-6)18-12(20)10-5-7(19-16)1-2-17-10/h1-5H,16H2,(H,17,19)(H,18,20). The molecule has 0 saturated carbocycles. The molecule has 1 aromatic heterocycles. The minimum absolute atomic E-state index is 0.190. The van der Waals surface area contributed by atoms with Crippen molar-refractivity contribution in [3.05, 3.63) is 50.7 Å². The first-order valence-electron chi connectivity index (χ1n) is 5.40. The van der Waals surface area contributed by atoms with E-state index in [9.17, 15) is 4.79 Å². The SMILES string of the molecule is NNc1ccnc(C(=O)Nc2c(Cl)cc(Br)cc2Cl)c1. The first kappa shape index (κ1) is 15.1. The number of carbonyl (C=O) groups is 1. The molecule has 0 radical (unpaired) electrons. The zero-order chi connectivity index (χ0) is 14.7. The topological polar surface area (TPSA) is 80.0 Å². The molecule has 0 aliphatic carbocycles. The maximum Gasteiger partial charge on any atom is 0.274 e. The molecule has 8 heteroatoms. The van der Waals surface area contributed by atoms with Crippen molar-refractivity contribution in [1.82, 2.24) is 4.98 Å². The smallest absolute Gasteiger partial charge is 0.274 e. The predicted molar refractivity (Wildman–Crippen MR) is 84.2 cm³/mol. The van der Waals surface area contributed by atoms with Gasteiger partial charge in [-0.1, -0.05) is 39.1 Å². The van der Waals surface area contributed by atoms with E-state index in [1.165, 1.54) is 12.3 Å². The van der Waals surface area contributed by atoms with Crippen LogP contribution in [0.1, 0.15) is 10.5 Å². The minimum Gasteiger partial charge on any atom is -0.324 e. The molecule has 0 unspecified atom stereocenters. The molecule has 1 amide bonds. The van der Waals surface area contributed by atoms with Gasteiger partial charge in [0.25, 0.3) is 5.91 Å². The van der Waals surface area contributed by atoms with Crippen molar-refractivity contribution in [2.45, 2.75) is 0 Å². The molecule has 104 valence electrons. The van der Waals surface area contributed by atoms with E-state index in [1.54, 1.807) is 18.2 Å². The van der Waals surface area contributed by atoms with Gasteiger partial charge in [-0.2, -0.15) is 0 Å². The summed E-state index contributed by atoms with van der Waals surface area (Å²) in [5.74, 6) is 4.84. The number of halogens is 3. The molecule has 20 heavy (non-hydrogen) atoms. The van der Waals surface area contributed by atoms with E-state index < -0.39 is 5.91 Å². The molecular weight excluding hydrogens is 367 g/mol. The van der Waals surface area contributed by atoms with E-state index in [-0.39, 0.29) is 5.69 Å². The highest BCUT2D eigenvalue weighted by molar-refractivity contribution is 9.10. The lowest BCUT2D eigenvalue weighted by Crippen LogP contribution is -2.15. The Kier molecular flexibility index (Phi) is 4.82. The number of nitrogens with zero attached hydrogens (tertiary/aromatic N) is 1. The average molecular weight is 376 g/mol. The lowest BCUT2D eigenvalue weighted by atomic mass is 10.2. The highest BCUT2D eigenvalue weighted by Gasteiger charge is 2.14. The largest absolute Gasteiger partial charge is 0.324 e. The fraction of sp³-hybridized carbons (Fsp3) is 0. The van der Waals surface area contributed by atoms with Gasteiger partial charge in [-0.05, 0) is 24.3 Å². The molecule has 2 aromatic rings. The normalized spacial score (nSPS) is 10.2. The number of hydrogen-bond donors (Lipinski definition) is 3. The van der Waals surface area contributed by atoms with Crippen molar-refractivity contribution in [2.24, 2.45) is 5.84 Å². The highest BCUT2D eigenvalue weighted by atomic mass is 79.9. The zero-order valence-electron chi connectivity index (χ0n) is 9.95. The van der Waals surface area contributed by atoms with E-state index >= 15 is 0 Å². The van der Waals surface area contributed by atoms with Crippen molar-refractivity contribution >= 4 is 56.4 Å². The fourth-order valence-electron chi connectivity index (χ4n) is 1.48. The maximum atomic E-state index is 12.1. The Morgan fingerprint density at radius 1 is 1.25 bits per heavy atom. The van der Waals surface area contributed by atoms with E-state index in [0.717, 1.165) is 4.47 Å². The molecule has 1 heterocycles. The van der Waals surface area contributed by atoms with Gasteiger partial charge in [0.2, 0.25) is 0 Å². The van der Waals surface area contributed by atoms with E-state index in [2.05, 4.69) is 31.7 Å². The van der Waals surface area contributed by atoms with Crippen LogP contribution in [0, 0.1) is 0 Å². The predicted octanol–water partition coefficient (Wildman–Crippen LogP) is 3.69. The van der Waals surface area contributed by atoms with E-state index in [1.807, 2.05) is 0 Å². The summed E-state index contributed by atoms with van der Waals surface area (Å²) in [4.78, 5) is 16.1. The third-order valence-electron chi connectivity index (χ3n) is 2.40. The molecule has 0 aliphatic heterocycles. The molecule has 0 spiro atoms. The van der Waals surface area contributed by atoms with Crippen molar-refractivity contribution < 1.29 is 4.79 Å². The molecule has 1 aromatic carbocycles. The van der Waals surface area contributed by atoms with Crippen LogP contribution in [-0.2, 0) is 0 Å². The number of benzene rings is 1. The van der Waals surface area contributed by atoms with E-state index in [4.69, 9.17) is 29.0 Å². The second-order valence-electron chi connectivity index (χ2n) is 3.77. The Balaban J connectivity index is 2.28. The number of nitrogens with two attached hydrogens (primary N) is 1. The van der Waals surface area contributed by atoms with Crippen molar-refractivity contribution in [3.63, 3.8) is 0 Å². The number of nitrogen functional groups attached to an aromatic ring is 1. The van der Waals surface area contributed by atoms with Crippen LogP contribution in [0.5, 0.6) is 0 Å². The van der Waals surface area contributed by atoms with Crippen LogP contribution < -0.4 is 16.6 Å². The monoisotopic (exact) mass is 374 g/mol. The molecule has 4 N–H and O–H groups in total. The molecule has 0 bridgehead atoms. The van der Waals surface area contributed by atoms with Gasteiger partial charge < -0.3 is 10.7 Å². The summed E-state index contributed by atoms with van der Waals surface area (Å²) >= 11 is 15.3. The number of hydrazine groups is 1. The molecule has 2 rings (SSSR count). The summed E-state index contributed by atoms with van der Waals surface area (Å²) in [6.07, 6.45) is 1.47. The summed E-state index contributed by atoms with van der Waals surface area (Å²) < 4.78 is 0.720. The number of rotatable bonds is 3. The number of carbonyl (C=O) groups excluding carboxylic acids is 1. The van der Waals surface area contributed by atoms with Gasteiger partial charge in [-0.3, -0.25) is 15.6 Å². The number of anilines is 2. The van der Waals surface area contributed by atoms with Crippen LogP contribution in [0.3, 0.4) is 0 Å². The first-order valence-corrected chi connectivity index (χ1v) is 6.94. The quantitative estimate of drug-likeness (QED) is 0.564. The second-order valence-corrected chi connectivity index (χ2v) is 5.50. The number of pyridine rings is 1. The van der Waals surface area contributed by atoms with Gasteiger partial charge in [0.05, 0.1) is 21.4 Å².